The lowest BCUT2D eigenvalue weighted by Crippen LogP contribution is -2.37. The molecule has 19 heavy (non-hydrogen) atoms. The Morgan fingerprint density at radius 1 is 1.53 bits per heavy atom. The van der Waals surface area contributed by atoms with Crippen LogP contribution in [0.3, 0.4) is 0 Å². The third kappa shape index (κ3) is 3.54. The van der Waals surface area contributed by atoms with Crippen LogP contribution in [0.25, 0.3) is 0 Å². The molecule has 0 bridgehead atoms. The van der Waals surface area contributed by atoms with Crippen molar-refractivity contribution in [2.24, 2.45) is 0 Å². The fourth-order valence-electron chi connectivity index (χ4n) is 1.75. The normalized spacial score (nSPS) is 12.1. The number of imidazole rings is 1. The van der Waals surface area contributed by atoms with E-state index in [-0.39, 0.29) is 17.5 Å². The molecule has 6 nitrogen and oxygen atoms in total. The van der Waals surface area contributed by atoms with Gasteiger partial charge < -0.3 is 14.9 Å². The monoisotopic (exact) mass is 260 g/mol. The van der Waals surface area contributed by atoms with Crippen LogP contribution in [-0.4, -0.2) is 26.5 Å². The summed E-state index contributed by atoms with van der Waals surface area (Å²) in [6, 6.07) is 2.87. The molecule has 0 saturated heterocycles. The summed E-state index contributed by atoms with van der Waals surface area (Å²) < 4.78 is 1.92. The van der Waals surface area contributed by atoms with Crippen molar-refractivity contribution in [3.05, 3.63) is 53.0 Å². The van der Waals surface area contributed by atoms with Crippen molar-refractivity contribution in [1.82, 2.24) is 19.9 Å². The first-order valence-electron chi connectivity index (χ1n) is 6.14. The van der Waals surface area contributed by atoms with Gasteiger partial charge in [-0.3, -0.25) is 9.59 Å². The van der Waals surface area contributed by atoms with Crippen molar-refractivity contribution < 1.29 is 4.79 Å². The summed E-state index contributed by atoms with van der Waals surface area (Å²) in [5.41, 5.74) is 0.227. The van der Waals surface area contributed by atoms with Gasteiger partial charge in [0.25, 0.3) is 5.91 Å². The second-order valence-corrected chi connectivity index (χ2v) is 4.28. The van der Waals surface area contributed by atoms with Crippen molar-refractivity contribution in [1.29, 1.82) is 0 Å². The quantitative estimate of drug-likeness (QED) is 0.833. The first-order chi connectivity index (χ1) is 9.19. The molecule has 0 unspecified atom stereocenters. The maximum atomic E-state index is 12.0. The molecule has 2 rings (SSSR count). The van der Waals surface area contributed by atoms with Crippen molar-refractivity contribution in [2.45, 2.75) is 25.9 Å². The molecule has 2 N–H and O–H groups in total. The molecule has 2 aromatic rings. The van der Waals surface area contributed by atoms with Gasteiger partial charge in [-0.25, -0.2) is 4.98 Å². The lowest BCUT2D eigenvalue weighted by molar-refractivity contribution is 0.0931. The molecule has 0 saturated carbocycles. The van der Waals surface area contributed by atoms with E-state index >= 15 is 0 Å². The minimum Gasteiger partial charge on any atom is -0.347 e. The molecule has 0 radical (unpaired) electrons. The summed E-state index contributed by atoms with van der Waals surface area (Å²) in [6.07, 6.45) is 7.51. The van der Waals surface area contributed by atoms with E-state index in [1.807, 2.05) is 17.7 Å². The van der Waals surface area contributed by atoms with Gasteiger partial charge in [0, 0.05) is 37.2 Å². The highest BCUT2D eigenvalue weighted by Crippen LogP contribution is 2.00. The van der Waals surface area contributed by atoms with Gasteiger partial charge in [-0.2, -0.15) is 0 Å². The van der Waals surface area contributed by atoms with Crippen molar-refractivity contribution in [2.75, 3.05) is 0 Å². The number of aromatic nitrogens is 3. The Hall–Kier alpha value is -2.37. The number of aromatic amines is 1. The average molecular weight is 260 g/mol. The number of nitrogens with zero attached hydrogens (tertiary/aromatic N) is 2. The highest BCUT2D eigenvalue weighted by molar-refractivity contribution is 5.93. The third-order valence-electron chi connectivity index (χ3n) is 2.86. The standard InChI is InChI=1S/C13H16N4O2/c1-2-11(8-17-6-5-14-9-17)16-13(19)10-3-4-12(18)15-7-10/h3-7,9,11H,2,8H2,1H3,(H,15,18)(H,16,19)/t11-/m0/s1. The van der Waals surface area contributed by atoms with Crippen LogP contribution in [0.1, 0.15) is 23.7 Å². The molecule has 0 aliphatic heterocycles. The van der Waals surface area contributed by atoms with Crippen molar-refractivity contribution in [3.63, 3.8) is 0 Å². The Kier molecular flexibility index (Phi) is 4.12. The predicted molar refractivity (Wildman–Crippen MR) is 70.8 cm³/mol. The van der Waals surface area contributed by atoms with Gasteiger partial charge in [-0.1, -0.05) is 6.92 Å². The maximum Gasteiger partial charge on any atom is 0.253 e. The number of nitrogens with one attached hydrogen (secondary N) is 2. The van der Waals surface area contributed by atoms with Crippen LogP contribution in [0, 0.1) is 0 Å². The summed E-state index contributed by atoms with van der Waals surface area (Å²) in [7, 11) is 0. The second-order valence-electron chi connectivity index (χ2n) is 4.28. The zero-order valence-corrected chi connectivity index (χ0v) is 10.7. The Morgan fingerprint density at radius 3 is 2.95 bits per heavy atom. The Morgan fingerprint density at radius 2 is 2.37 bits per heavy atom. The van der Waals surface area contributed by atoms with E-state index in [1.165, 1.54) is 18.3 Å². The minimum atomic E-state index is -0.220. The Labute approximate surface area is 110 Å². The van der Waals surface area contributed by atoms with Crippen LogP contribution in [0.15, 0.2) is 41.8 Å². The number of H-pyrrole nitrogens is 1. The van der Waals surface area contributed by atoms with Crippen molar-refractivity contribution in [3.8, 4) is 0 Å². The summed E-state index contributed by atoms with van der Waals surface area (Å²) in [5, 5.41) is 2.93. The molecule has 2 aromatic heterocycles. The zero-order valence-electron chi connectivity index (χ0n) is 10.7. The van der Waals surface area contributed by atoms with E-state index in [4.69, 9.17) is 0 Å². The number of rotatable bonds is 5. The smallest absolute Gasteiger partial charge is 0.253 e. The maximum absolute atomic E-state index is 12.0. The van der Waals surface area contributed by atoms with Crippen LogP contribution >= 0.6 is 0 Å². The number of pyridine rings is 1. The van der Waals surface area contributed by atoms with E-state index in [2.05, 4.69) is 15.3 Å². The van der Waals surface area contributed by atoms with Gasteiger partial charge in [0.1, 0.15) is 0 Å². The first kappa shape index (κ1) is 13.1. The molecular weight excluding hydrogens is 244 g/mol. The molecule has 0 aliphatic carbocycles. The zero-order chi connectivity index (χ0) is 13.7. The van der Waals surface area contributed by atoms with Gasteiger partial charge in [0.15, 0.2) is 0 Å². The van der Waals surface area contributed by atoms with E-state index in [1.54, 1.807) is 12.5 Å². The summed E-state index contributed by atoms with van der Waals surface area (Å²) in [6.45, 7) is 2.68. The fourth-order valence-corrected chi connectivity index (χ4v) is 1.75. The highest BCUT2D eigenvalue weighted by atomic mass is 16.2. The molecule has 0 aliphatic rings. The molecule has 6 heteroatoms. The number of carbonyl (C=O) groups is 1. The first-order valence-corrected chi connectivity index (χ1v) is 6.14. The van der Waals surface area contributed by atoms with Crippen LogP contribution in [0.4, 0.5) is 0 Å². The average Bonchev–Trinajstić information content (AvgIpc) is 2.91. The largest absolute Gasteiger partial charge is 0.347 e. The van der Waals surface area contributed by atoms with Crippen LogP contribution < -0.4 is 10.9 Å². The van der Waals surface area contributed by atoms with E-state index in [0.29, 0.717) is 12.1 Å². The van der Waals surface area contributed by atoms with Gasteiger partial charge in [-0.15, -0.1) is 0 Å². The molecule has 0 fully saturated rings. The molecule has 1 amide bonds. The molecule has 2 heterocycles. The Balaban J connectivity index is 1.99. The lowest BCUT2D eigenvalue weighted by atomic mass is 10.2. The third-order valence-corrected chi connectivity index (χ3v) is 2.86. The van der Waals surface area contributed by atoms with Crippen LogP contribution in [-0.2, 0) is 6.54 Å². The van der Waals surface area contributed by atoms with E-state index in [0.717, 1.165) is 6.42 Å². The number of carbonyl (C=O) groups excluding carboxylic acids is 1. The predicted octanol–water partition coefficient (Wildman–Crippen LogP) is 0.780. The van der Waals surface area contributed by atoms with Crippen molar-refractivity contribution >= 4 is 5.91 Å². The Bertz CT molecular complexity index is 568. The van der Waals surface area contributed by atoms with Gasteiger partial charge in [0.05, 0.1) is 11.9 Å². The van der Waals surface area contributed by atoms with Gasteiger partial charge in [-0.05, 0) is 12.5 Å². The fraction of sp³-hybridized carbons (Fsp3) is 0.308. The number of hydrogen-bond donors (Lipinski definition) is 2. The van der Waals surface area contributed by atoms with Crippen LogP contribution in [0.2, 0.25) is 0 Å². The molecular formula is C13H16N4O2. The van der Waals surface area contributed by atoms with Gasteiger partial charge >= 0.3 is 0 Å². The minimum absolute atomic E-state index is 0.0219. The number of hydrogen-bond acceptors (Lipinski definition) is 3. The van der Waals surface area contributed by atoms with E-state index in [9.17, 15) is 9.59 Å². The lowest BCUT2D eigenvalue weighted by Gasteiger charge is -2.17. The molecule has 100 valence electrons. The SMILES string of the molecule is CC[C@@H](Cn1ccnc1)NC(=O)c1ccc(=O)[nH]c1. The summed E-state index contributed by atoms with van der Waals surface area (Å²) in [4.78, 5) is 29.4. The second kappa shape index (κ2) is 5.99. The van der Waals surface area contributed by atoms with Gasteiger partial charge in [0.2, 0.25) is 5.56 Å². The molecule has 1 atom stereocenters. The molecule has 0 aromatic carbocycles. The topological polar surface area (TPSA) is 79.8 Å². The summed E-state index contributed by atoms with van der Waals surface area (Å²) >= 11 is 0. The number of amides is 1. The van der Waals surface area contributed by atoms with E-state index < -0.39 is 0 Å². The molecule has 0 spiro atoms. The summed E-state index contributed by atoms with van der Waals surface area (Å²) in [5.74, 6) is -0.191. The highest BCUT2D eigenvalue weighted by Gasteiger charge is 2.12. The van der Waals surface area contributed by atoms with Crippen LogP contribution in [0.5, 0.6) is 0 Å².